The van der Waals surface area contributed by atoms with Crippen LogP contribution in [0.1, 0.15) is 17.2 Å². The Hall–Kier alpha value is -1.94. The minimum Gasteiger partial charge on any atom is -0.496 e. The number of para-hydroxylation sites is 1. The molecule has 0 heterocycles. The molecule has 2 aromatic rings. The van der Waals surface area contributed by atoms with E-state index in [-0.39, 0.29) is 5.56 Å². The smallest absolute Gasteiger partial charge is 0.130 e. The van der Waals surface area contributed by atoms with Crippen molar-refractivity contribution < 1.29 is 13.5 Å². The van der Waals surface area contributed by atoms with E-state index in [2.05, 4.69) is 0 Å². The lowest BCUT2D eigenvalue weighted by atomic mass is 9.98. The molecule has 19 heavy (non-hydrogen) atoms. The number of ether oxygens (including phenoxy) is 1. The number of rotatable bonds is 4. The van der Waals surface area contributed by atoms with Gasteiger partial charge in [0.05, 0.1) is 7.11 Å². The molecule has 0 aromatic heterocycles. The van der Waals surface area contributed by atoms with Gasteiger partial charge in [-0.3, -0.25) is 0 Å². The standard InChI is InChI=1S/C15H15F2NO/c1-19-14-8-3-2-5-10(14)9-13(18)15-11(16)6-4-7-12(15)17/h2-8,13H,9,18H2,1H3. The Balaban J connectivity index is 2.28. The van der Waals surface area contributed by atoms with Gasteiger partial charge >= 0.3 is 0 Å². The van der Waals surface area contributed by atoms with E-state index >= 15 is 0 Å². The topological polar surface area (TPSA) is 35.2 Å². The molecule has 0 aliphatic rings. The summed E-state index contributed by atoms with van der Waals surface area (Å²) in [5.41, 5.74) is 6.65. The van der Waals surface area contributed by atoms with Gasteiger partial charge in [0.25, 0.3) is 0 Å². The molecule has 2 nitrogen and oxygen atoms in total. The number of nitrogens with two attached hydrogens (primary N) is 1. The summed E-state index contributed by atoms with van der Waals surface area (Å²) >= 11 is 0. The van der Waals surface area contributed by atoms with Crippen molar-refractivity contribution in [2.75, 3.05) is 7.11 Å². The molecule has 0 amide bonds. The lowest BCUT2D eigenvalue weighted by molar-refractivity contribution is 0.407. The summed E-state index contributed by atoms with van der Waals surface area (Å²) in [6, 6.07) is 10.3. The average Bonchev–Trinajstić information content (AvgIpc) is 2.39. The van der Waals surface area contributed by atoms with Crippen LogP contribution in [0.25, 0.3) is 0 Å². The maximum Gasteiger partial charge on any atom is 0.130 e. The first-order valence-corrected chi connectivity index (χ1v) is 5.95. The molecule has 2 rings (SSSR count). The van der Waals surface area contributed by atoms with Crippen molar-refractivity contribution in [3.05, 3.63) is 65.2 Å². The van der Waals surface area contributed by atoms with Crippen LogP contribution in [-0.4, -0.2) is 7.11 Å². The molecule has 0 fully saturated rings. The molecule has 1 unspecified atom stereocenters. The van der Waals surface area contributed by atoms with Gasteiger partial charge in [-0.1, -0.05) is 24.3 Å². The predicted octanol–water partition coefficient (Wildman–Crippen LogP) is 3.22. The van der Waals surface area contributed by atoms with E-state index in [4.69, 9.17) is 10.5 Å². The van der Waals surface area contributed by atoms with E-state index in [1.165, 1.54) is 18.2 Å². The molecule has 2 N–H and O–H groups in total. The lowest BCUT2D eigenvalue weighted by Gasteiger charge is -2.15. The van der Waals surface area contributed by atoms with Gasteiger partial charge in [-0.2, -0.15) is 0 Å². The summed E-state index contributed by atoms with van der Waals surface area (Å²) in [5, 5.41) is 0. The molecular formula is C15H15F2NO. The van der Waals surface area contributed by atoms with Gasteiger partial charge in [-0.25, -0.2) is 8.78 Å². The third-order valence-corrected chi connectivity index (χ3v) is 3.00. The van der Waals surface area contributed by atoms with Crippen LogP contribution in [0.3, 0.4) is 0 Å². The second kappa shape index (κ2) is 5.80. The van der Waals surface area contributed by atoms with Gasteiger partial charge in [-0.15, -0.1) is 0 Å². The summed E-state index contributed by atoms with van der Waals surface area (Å²) in [4.78, 5) is 0. The van der Waals surface area contributed by atoms with Crippen LogP contribution in [0.2, 0.25) is 0 Å². The molecule has 2 aromatic carbocycles. The maximum atomic E-state index is 13.6. The van der Waals surface area contributed by atoms with E-state index in [9.17, 15) is 8.78 Å². The van der Waals surface area contributed by atoms with Crippen molar-refractivity contribution in [3.63, 3.8) is 0 Å². The Morgan fingerprint density at radius 2 is 1.68 bits per heavy atom. The minimum atomic E-state index is -0.752. The first kappa shape index (κ1) is 13.5. The van der Waals surface area contributed by atoms with E-state index < -0.39 is 17.7 Å². The van der Waals surface area contributed by atoms with E-state index in [1.807, 2.05) is 18.2 Å². The number of hydrogen-bond acceptors (Lipinski definition) is 2. The van der Waals surface area contributed by atoms with Crippen LogP contribution >= 0.6 is 0 Å². The van der Waals surface area contributed by atoms with E-state index in [1.54, 1.807) is 13.2 Å². The summed E-state index contributed by atoms with van der Waals surface area (Å²) < 4.78 is 32.5. The summed E-state index contributed by atoms with van der Waals surface area (Å²) in [7, 11) is 1.55. The monoisotopic (exact) mass is 263 g/mol. The molecule has 0 aliphatic heterocycles. The van der Waals surface area contributed by atoms with Crippen LogP contribution < -0.4 is 10.5 Å². The second-order valence-electron chi connectivity index (χ2n) is 4.26. The first-order chi connectivity index (χ1) is 9.13. The summed E-state index contributed by atoms with van der Waals surface area (Å²) in [6.07, 6.45) is 0.307. The molecule has 1 atom stereocenters. The zero-order chi connectivity index (χ0) is 13.8. The number of methoxy groups -OCH3 is 1. The van der Waals surface area contributed by atoms with Crippen LogP contribution in [0.4, 0.5) is 8.78 Å². The van der Waals surface area contributed by atoms with Crippen LogP contribution in [0.15, 0.2) is 42.5 Å². The van der Waals surface area contributed by atoms with Crippen molar-refractivity contribution in [2.45, 2.75) is 12.5 Å². The fourth-order valence-electron chi connectivity index (χ4n) is 2.08. The Morgan fingerprint density at radius 3 is 2.32 bits per heavy atom. The van der Waals surface area contributed by atoms with Gasteiger partial charge in [0.2, 0.25) is 0 Å². The molecule has 0 saturated carbocycles. The molecule has 0 bridgehead atoms. The minimum absolute atomic E-state index is 0.0894. The number of halogens is 2. The van der Waals surface area contributed by atoms with Gasteiger partial charge < -0.3 is 10.5 Å². The molecule has 0 aliphatic carbocycles. The molecule has 4 heteroatoms. The van der Waals surface area contributed by atoms with Crippen LogP contribution in [0.5, 0.6) is 5.75 Å². The number of benzene rings is 2. The quantitative estimate of drug-likeness (QED) is 0.919. The predicted molar refractivity (Wildman–Crippen MR) is 70.0 cm³/mol. The summed E-state index contributed by atoms with van der Waals surface area (Å²) in [6.45, 7) is 0. The fraction of sp³-hybridized carbons (Fsp3) is 0.200. The highest BCUT2D eigenvalue weighted by Gasteiger charge is 2.18. The van der Waals surface area contributed by atoms with Gasteiger partial charge in [0, 0.05) is 11.6 Å². The molecule has 100 valence electrons. The Bertz CT molecular complexity index is 552. The van der Waals surface area contributed by atoms with Crippen molar-refractivity contribution in [1.82, 2.24) is 0 Å². The van der Waals surface area contributed by atoms with Gasteiger partial charge in [-0.05, 0) is 30.2 Å². The van der Waals surface area contributed by atoms with Crippen molar-refractivity contribution in [2.24, 2.45) is 5.73 Å². The van der Waals surface area contributed by atoms with Gasteiger partial charge in [0.15, 0.2) is 0 Å². The van der Waals surface area contributed by atoms with Gasteiger partial charge in [0.1, 0.15) is 17.4 Å². The molecular weight excluding hydrogens is 248 g/mol. The zero-order valence-corrected chi connectivity index (χ0v) is 10.6. The Kier molecular flexibility index (Phi) is 4.12. The lowest BCUT2D eigenvalue weighted by Crippen LogP contribution is -2.17. The second-order valence-corrected chi connectivity index (χ2v) is 4.26. The van der Waals surface area contributed by atoms with E-state index in [0.29, 0.717) is 12.2 Å². The zero-order valence-electron chi connectivity index (χ0n) is 10.6. The number of hydrogen-bond donors (Lipinski definition) is 1. The normalized spacial score (nSPS) is 12.2. The van der Waals surface area contributed by atoms with E-state index in [0.717, 1.165) is 5.56 Å². The van der Waals surface area contributed by atoms with Crippen molar-refractivity contribution in [1.29, 1.82) is 0 Å². The Labute approximate surface area is 110 Å². The summed E-state index contributed by atoms with van der Waals surface area (Å²) in [5.74, 6) is -0.584. The average molecular weight is 263 g/mol. The van der Waals surface area contributed by atoms with Crippen LogP contribution in [-0.2, 0) is 6.42 Å². The highest BCUT2D eigenvalue weighted by molar-refractivity contribution is 5.35. The fourth-order valence-corrected chi connectivity index (χ4v) is 2.08. The highest BCUT2D eigenvalue weighted by Crippen LogP contribution is 2.26. The van der Waals surface area contributed by atoms with Crippen molar-refractivity contribution >= 4 is 0 Å². The molecule has 0 spiro atoms. The largest absolute Gasteiger partial charge is 0.496 e. The molecule has 0 radical (unpaired) electrons. The van der Waals surface area contributed by atoms with Crippen molar-refractivity contribution in [3.8, 4) is 5.75 Å². The molecule has 0 saturated heterocycles. The third kappa shape index (κ3) is 2.90. The highest BCUT2D eigenvalue weighted by atomic mass is 19.1. The SMILES string of the molecule is COc1ccccc1CC(N)c1c(F)cccc1F. The first-order valence-electron chi connectivity index (χ1n) is 5.95. The van der Waals surface area contributed by atoms with Crippen LogP contribution in [0, 0.1) is 11.6 Å². The Morgan fingerprint density at radius 1 is 1.05 bits per heavy atom. The maximum absolute atomic E-state index is 13.6. The third-order valence-electron chi connectivity index (χ3n) is 3.00.